The molecule has 24 heavy (non-hydrogen) atoms. The second-order valence-electron chi connectivity index (χ2n) is 6.97. The van der Waals surface area contributed by atoms with Gasteiger partial charge in [0, 0.05) is 10.9 Å². The van der Waals surface area contributed by atoms with Crippen LogP contribution in [0.5, 0.6) is 0 Å². The van der Waals surface area contributed by atoms with Gasteiger partial charge in [-0.1, -0.05) is 56.9 Å². The Balaban J connectivity index is 1.54. The normalized spacial score (nSPS) is 15.7. The van der Waals surface area contributed by atoms with E-state index in [9.17, 15) is 0 Å². The molecule has 2 nitrogen and oxygen atoms in total. The Hall–Kier alpha value is -1.19. The van der Waals surface area contributed by atoms with Crippen LogP contribution >= 0.6 is 11.3 Å². The van der Waals surface area contributed by atoms with Gasteiger partial charge in [0.05, 0.1) is 12.2 Å². The van der Waals surface area contributed by atoms with E-state index < -0.39 is 0 Å². The van der Waals surface area contributed by atoms with Crippen LogP contribution in [-0.4, -0.2) is 23.0 Å². The van der Waals surface area contributed by atoms with Crippen LogP contribution < -0.4 is 0 Å². The lowest BCUT2D eigenvalue weighted by molar-refractivity contribution is 0.220. The molecule has 2 aromatic rings. The van der Waals surface area contributed by atoms with Crippen LogP contribution in [0.2, 0.25) is 0 Å². The Morgan fingerprint density at radius 1 is 1.00 bits per heavy atom. The van der Waals surface area contributed by atoms with Crippen LogP contribution in [0.15, 0.2) is 29.6 Å². The summed E-state index contributed by atoms with van der Waals surface area (Å²) in [4.78, 5) is 7.41. The zero-order valence-corrected chi connectivity index (χ0v) is 15.8. The van der Waals surface area contributed by atoms with Crippen LogP contribution in [-0.2, 0) is 13.0 Å². The fourth-order valence-electron chi connectivity index (χ4n) is 3.42. The van der Waals surface area contributed by atoms with E-state index in [0.29, 0.717) is 0 Å². The average molecular weight is 343 g/mol. The second-order valence-corrected chi connectivity index (χ2v) is 7.91. The minimum Gasteiger partial charge on any atom is -0.297 e. The minimum atomic E-state index is 1.03. The van der Waals surface area contributed by atoms with E-state index in [2.05, 4.69) is 41.5 Å². The van der Waals surface area contributed by atoms with Gasteiger partial charge in [-0.05, 0) is 44.3 Å². The summed E-state index contributed by atoms with van der Waals surface area (Å²) >= 11 is 1.81. The first-order chi connectivity index (χ1) is 11.8. The van der Waals surface area contributed by atoms with Crippen molar-refractivity contribution >= 4 is 11.3 Å². The summed E-state index contributed by atoms with van der Waals surface area (Å²) < 4.78 is 0. The monoisotopic (exact) mass is 342 g/mol. The molecule has 1 saturated heterocycles. The Bertz CT molecular complexity index is 597. The predicted molar refractivity (Wildman–Crippen MR) is 105 cm³/mol. The smallest absolute Gasteiger partial charge is 0.107 e. The summed E-state index contributed by atoms with van der Waals surface area (Å²) in [5.41, 5.74) is 3.86. The second kappa shape index (κ2) is 9.33. The Labute approximate surface area is 150 Å². The number of aromatic nitrogens is 1. The molecule has 1 fully saturated rings. The van der Waals surface area contributed by atoms with E-state index >= 15 is 0 Å². The molecule has 0 radical (unpaired) electrons. The molecule has 0 unspecified atom stereocenters. The number of rotatable bonds is 8. The zero-order chi connectivity index (χ0) is 16.6. The molecule has 0 atom stereocenters. The van der Waals surface area contributed by atoms with Crippen LogP contribution in [0.3, 0.4) is 0 Å². The van der Waals surface area contributed by atoms with E-state index in [4.69, 9.17) is 4.98 Å². The molecule has 0 N–H and O–H groups in total. The van der Waals surface area contributed by atoms with Gasteiger partial charge in [0.2, 0.25) is 0 Å². The van der Waals surface area contributed by atoms with E-state index in [0.717, 1.165) is 12.2 Å². The molecule has 0 spiro atoms. The first-order valence-corrected chi connectivity index (χ1v) is 10.5. The van der Waals surface area contributed by atoms with Crippen molar-refractivity contribution in [2.45, 2.75) is 64.8 Å². The Morgan fingerprint density at radius 3 is 2.54 bits per heavy atom. The quantitative estimate of drug-likeness (QED) is 0.554. The van der Waals surface area contributed by atoms with Gasteiger partial charge in [-0.15, -0.1) is 11.3 Å². The van der Waals surface area contributed by atoms with Gasteiger partial charge >= 0.3 is 0 Å². The molecule has 0 aliphatic carbocycles. The molecule has 0 saturated carbocycles. The van der Waals surface area contributed by atoms with Crippen molar-refractivity contribution in [3.8, 4) is 11.3 Å². The topological polar surface area (TPSA) is 16.1 Å². The summed E-state index contributed by atoms with van der Waals surface area (Å²) in [6.45, 7) is 5.77. The van der Waals surface area contributed by atoms with E-state index in [1.807, 2.05) is 11.3 Å². The maximum Gasteiger partial charge on any atom is 0.107 e. The summed E-state index contributed by atoms with van der Waals surface area (Å²) in [5, 5.41) is 3.48. The number of piperidine rings is 1. The van der Waals surface area contributed by atoms with E-state index in [-0.39, 0.29) is 0 Å². The number of hydrogen-bond acceptors (Lipinski definition) is 3. The average Bonchev–Trinajstić information content (AvgIpc) is 3.09. The number of benzene rings is 1. The summed E-state index contributed by atoms with van der Waals surface area (Å²) in [6.07, 6.45) is 10.6. The lowest BCUT2D eigenvalue weighted by atomic mass is 10.0. The van der Waals surface area contributed by atoms with Gasteiger partial charge in [0.25, 0.3) is 0 Å². The number of thiazole rings is 1. The van der Waals surface area contributed by atoms with Gasteiger partial charge in [-0.3, -0.25) is 4.90 Å². The molecule has 0 amide bonds. The van der Waals surface area contributed by atoms with E-state index in [1.54, 1.807) is 0 Å². The van der Waals surface area contributed by atoms with Gasteiger partial charge in [-0.25, -0.2) is 4.98 Å². The van der Waals surface area contributed by atoms with Crippen molar-refractivity contribution in [2.24, 2.45) is 0 Å². The van der Waals surface area contributed by atoms with Crippen molar-refractivity contribution < 1.29 is 0 Å². The first kappa shape index (κ1) is 17.6. The van der Waals surface area contributed by atoms with Crippen molar-refractivity contribution in [3.63, 3.8) is 0 Å². The molecule has 1 aliphatic heterocycles. The zero-order valence-electron chi connectivity index (χ0n) is 15.0. The fraction of sp³-hybridized carbons (Fsp3) is 0.571. The molecule has 1 aromatic heterocycles. The van der Waals surface area contributed by atoms with Gasteiger partial charge in [0.1, 0.15) is 5.01 Å². The SMILES string of the molecule is CCCCCCc1ccc(-c2csc(CN3CCCCC3)n2)cc1. The highest BCUT2D eigenvalue weighted by Gasteiger charge is 2.13. The van der Waals surface area contributed by atoms with Crippen LogP contribution in [0.25, 0.3) is 11.3 Å². The number of hydrogen-bond donors (Lipinski definition) is 0. The lowest BCUT2D eigenvalue weighted by Crippen LogP contribution is -2.28. The maximum absolute atomic E-state index is 4.87. The molecule has 2 heterocycles. The van der Waals surface area contributed by atoms with Crippen LogP contribution in [0, 0.1) is 0 Å². The summed E-state index contributed by atoms with van der Waals surface area (Å²) in [5.74, 6) is 0. The van der Waals surface area contributed by atoms with Gasteiger partial charge in [0.15, 0.2) is 0 Å². The number of likely N-dealkylation sites (tertiary alicyclic amines) is 1. The Morgan fingerprint density at radius 2 is 1.79 bits per heavy atom. The molecular formula is C21H30N2S. The molecule has 130 valence electrons. The largest absolute Gasteiger partial charge is 0.297 e. The highest BCUT2D eigenvalue weighted by atomic mass is 32.1. The maximum atomic E-state index is 4.87. The van der Waals surface area contributed by atoms with Crippen molar-refractivity contribution in [2.75, 3.05) is 13.1 Å². The molecule has 3 heteroatoms. The van der Waals surface area contributed by atoms with Crippen molar-refractivity contribution in [1.82, 2.24) is 9.88 Å². The molecular weight excluding hydrogens is 312 g/mol. The van der Waals surface area contributed by atoms with Gasteiger partial charge in [-0.2, -0.15) is 0 Å². The Kier molecular flexibility index (Phi) is 6.86. The van der Waals surface area contributed by atoms with Crippen LogP contribution in [0.1, 0.15) is 62.4 Å². The van der Waals surface area contributed by atoms with Crippen molar-refractivity contribution in [3.05, 3.63) is 40.2 Å². The van der Waals surface area contributed by atoms with Crippen LogP contribution in [0.4, 0.5) is 0 Å². The fourth-order valence-corrected chi connectivity index (χ4v) is 4.27. The third-order valence-corrected chi connectivity index (χ3v) is 5.76. The number of unbranched alkanes of at least 4 members (excludes halogenated alkanes) is 3. The predicted octanol–water partition coefficient (Wildman–Crippen LogP) is 5.92. The lowest BCUT2D eigenvalue weighted by Gasteiger charge is -2.25. The summed E-state index contributed by atoms with van der Waals surface area (Å²) in [7, 11) is 0. The third-order valence-electron chi connectivity index (χ3n) is 4.93. The highest BCUT2D eigenvalue weighted by Crippen LogP contribution is 2.24. The minimum absolute atomic E-state index is 1.03. The van der Waals surface area contributed by atoms with Crippen molar-refractivity contribution in [1.29, 1.82) is 0 Å². The number of nitrogens with zero attached hydrogens (tertiary/aromatic N) is 2. The number of aryl methyl sites for hydroxylation is 1. The van der Waals surface area contributed by atoms with E-state index in [1.165, 1.54) is 80.6 Å². The first-order valence-electron chi connectivity index (χ1n) is 9.61. The molecule has 1 aliphatic rings. The molecule has 1 aromatic carbocycles. The third kappa shape index (κ3) is 5.15. The van der Waals surface area contributed by atoms with Gasteiger partial charge < -0.3 is 0 Å². The molecule has 0 bridgehead atoms. The highest BCUT2D eigenvalue weighted by molar-refractivity contribution is 7.09. The standard InChI is InChI=1S/C21H30N2S/c1-2-3-4-6-9-18-10-12-19(13-11-18)20-17-24-21(22-20)16-23-14-7-5-8-15-23/h10-13,17H,2-9,14-16H2,1H3. The summed E-state index contributed by atoms with van der Waals surface area (Å²) in [6, 6.07) is 9.06. The molecule has 3 rings (SSSR count).